The lowest BCUT2D eigenvalue weighted by Crippen LogP contribution is -2.37. The Morgan fingerprint density at radius 1 is 0.854 bits per heavy atom. The van der Waals surface area contributed by atoms with E-state index in [-0.39, 0.29) is 11.7 Å². The van der Waals surface area contributed by atoms with E-state index < -0.39 is 0 Å². The zero-order valence-electron chi connectivity index (χ0n) is 23.0. The van der Waals surface area contributed by atoms with Gasteiger partial charge >= 0.3 is 0 Å². The first-order valence-electron chi connectivity index (χ1n) is 13.6. The first kappa shape index (κ1) is 30.1. The van der Waals surface area contributed by atoms with Gasteiger partial charge in [0.15, 0.2) is 0 Å². The number of morpholine rings is 1. The predicted molar refractivity (Wildman–Crippen MR) is 153 cm³/mol. The fourth-order valence-electron chi connectivity index (χ4n) is 3.91. The van der Waals surface area contributed by atoms with Gasteiger partial charge in [-0.3, -0.25) is 4.79 Å². The largest absolute Gasteiger partial charge is 0.378 e. The topological polar surface area (TPSA) is 149 Å². The first-order chi connectivity index (χ1) is 20.1. The normalized spacial score (nSPS) is 13.2. The number of nitrogens with zero attached hydrogens (tertiary/aromatic N) is 4. The second-order valence-electron chi connectivity index (χ2n) is 9.18. The third kappa shape index (κ3) is 10.2. The molecule has 13 heteroatoms. The molecule has 0 radical (unpaired) electrons. The number of nitrogens with one attached hydrogen (secondary N) is 3. The zero-order valence-corrected chi connectivity index (χ0v) is 23.0. The van der Waals surface area contributed by atoms with E-state index in [1.165, 1.54) is 12.1 Å². The number of anilines is 3. The molecule has 0 unspecified atom stereocenters. The minimum absolute atomic E-state index is 0.169. The van der Waals surface area contributed by atoms with Crippen molar-refractivity contribution in [2.75, 3.05) is 81.4 Å². The zero-order chi connectivity index (χ0) is 28.7. The number of halogens is 1. The van der Waals surface area contributed by atoms with Crippen LogP contribution in [0.3, 0.4) is 0 Å². The maximum absolute atomic E-state index is 13.3. The average Bonchev–Trinajstić information content (AvgIpc) is 3.01. The van der Waals surface area contributed by atoms with E-state index in [9.17, 15) is 9.18 Å². The molecule has 1 fully saturated rings. The van der Waals surface area contributed by atoms with Gasteiger partial charge in [-0.05, 0) is 35.4 Å². The highest BCUT2D eigenvalue weighted by Gasteiger charge is 2.17. The summed E-state index contributed by atoms with van der Waals surface area (Å²) in [5, 5.41) is 9.31. The number of nitrogens with two attached hydrogens (primary N) is 1. The Morgan fingerprint density at radius 2 is 1.44 bits per heavy atom. The van der Waals surface area contributed by atoms with Crippen molar-refractivity contribution in [3.05, 3.63) is 71.0 Å². The number of aromatic nitrogens is 3. The number of hydrogen-bond donors (Lipinski definition) is 4. The minimum atomic E-state index is -0.283. The van der Waals surface area contributed by atoms with Crippen molar-refractivity contribution < 1.29 is 23.4 Å². The van der Waals surface area contributed by atoms with Gasteiger partial charge in [-0.2, -0.15) is 15.0 Å². The summed E-state index contributed by atoms with van der Waals surface area (Å²) in [7, 11) is 0. The van der Waals surface area contributed by atoms with Gasteiger partial charge in [0.05, 0.1) is 39.6 Å². The molecular weight excluding hydrogens is 531 g/mol. The second kappa shape index (κ2) is 16.4. The highest BCUT2D eigenvalue weighted by molar-refractivity contribution is 5.94. The quantitative estimate of drug-likeness (QED) is 0.187. The average molecular weight is 569 g/mol. The smallest absolute Gasteiger partial charge is 0.251 e. The number of amides is 1. The van der Waals surface area contributed by atoms with Crippen molar-refractivity contribution in [3.8, 4) is 0 Å². The summed E-state index contributed by atoms with van der Waals surface area (Å²) >= 11 is 0. The van der Waals surface area contributed by atoms with Gasteiger partial charge in [-0.15, -0.1) is 0 Å². The van der Waals surface area contributed by atoms with Crippen LogP contribution in [0, 0.1) is 5.82 Å². The molecule has 1 aliphatic rings. The van der Waals surface area contributed by atoms with Crippen molar-refractivity contribution in [2.45, 2.75) is 13.1 Å². The molecule has 1 saturated heterocycles. The molecule has 5 N–H and O–H groups in total. The van der Waals surface area contributed by atoms with Gasteiger partial charge in [-0.25, -0.2) is 4.39 Å². The van der Waals surface area contributed by atoms with Crippen LogP contribution in [-0.2, 0) is 27.3 Å². The summed E-state index contributed by atoms with van der Waals surface area (Å²) in [4.78, 5) is 28.2. The summed E-state index contributed by atoms with van der Waals surface area (Å²) in [6, 6.07) is 13.6. The fraction of sp³-hybridized carbons (Fsp3) is 0.429. The molecule has 4 rings (SSSR count). The standard InChI is InChI=1S/C28H37FN8O4/c29-24-7-3-22(4-8-24)20-33-27-34-26(35-28(36-27)37-11-15-41-16-12-37)32-19-21-1-5-23(6-2-21)25(38)31-10-14-40-18-17-39-13-9-30/h1-8H,9-20,30H2,(H,31,38)(H2,32,33,34,35,36). The third-order valence-electron chi connectivity index (χ3n) is 6.11. The van der Waals surface area contributed by atoms with Crippen LogP contribution in [-0.4, -0.2) is 86.7 Å². The highest BCUT2D eigenvalue weighted by atomic mass is 19.1. The van der Waals surface area contributed by atoms with Gasteiger partial charge in [0.25, 0.3) is 5.91 Å². The third-order valence-corrected chi connectivity index (χ3v) is 6.11. The van der Waals surface area contributed by atoms with E-state index in [2.05, 4.69) is 30.9 Å². The van der Waals surface area contributed by atoms with Gasteiger partial charge in [0.2, 0.25) is 17.8 Å². The van der Waals surface area contributed by atoms with Gasteiger partial charge < -0.3 is 40.8 Å². The SMILES string of the molecule is NCCOCCOCCNC(=O)c1ccc(CNc2nc(NCc3ccc(F)cc3)nc(N3CCOCC3)n2)cc1. The Labute approximate surface area is 238 Å². The molecule has 3 aromatic rings. The van der Waals surface area contributed by atoms with Crippen LogP contribution in [0.2, 0.25) is 0 Å². The predicted octanol–water partition coefficient (Wildman–Crippen LogP) is 1.79. The first-order valence-corrected chi connectivity index (χ1v) is 13.6. The number of ether oxygens (including phenoxy) is 3. The molecule has 1 amide bonds. The monoisotopic (exact) mass is 568 g/mol. The van der Waals surface area contributed by atoms with E-state index in [4.69, 9.17) is 19.9 Å². The van der Waals surface area contributed by atoms with Crippen LogP contribution < -0.4 is 26.6 Å². The molecule has 0 atom stereocenters. The summed E-state index contributed by atoms with van der Waals surface area (Å²) in [6.45, 7) is 6.18. The molecule has 12 nitrogen and oxygen atoms in total. The molecule has 0 aliphatic carbocycles. The Balaban J connectivity index is 1.30. The number of carbonyl (C=O) groups excluding carboxylic acids is 1. The van der Waals surface area contributed by atoms with E-state index >= 15 is 0 Å². The van der Waals surface area contributed by atoms with Crippen molar-refractivity contribution in [1.82, 2.24) is 20.3 Å². The molecule has 0 bridgehead atoms. The number of carbonyl (C=O) groups is 1. The van der Waals surface area contributed by atoms with E-state index in [0.717, 1.165) is 11.1 Å². The number of rotatable bonds is 16. The lowest BCUT2D eigenvalue weighted by Gasteiger charge is -2.27. The van der Waals surface area contributed by atoms with Crippen LogP contribution in [0.5, 0.6) is 0 Å². The van der Waals surface area contributed by atoms with Crippen molar-refractivity contribution >= 4 is 23.8 Å². The van der Waals surface area contributed by atoms with E-state index in [1.807, 2.05) is 17.0 Å². The molecule has 0 spiro atoms. The van der Waals surface area contributed by atoms with Crippen molar-refractivity contribution in [1.29, 1.82) is 0 Å². The Morgan fingerprint density at radius 3 is 2.05 bits per heavy atom. The van der Waals surface area contributed by atoms with Crippen LogP contribution in [0.4, 0.5) is 22.2 Å². The molecule has 220 valence electrons. The molecule has 2 aromatic carbocycles. The molecule has 1 aromatic heterocycles. The van der Waals surface area contributed by atoms with Gasteiger partial charge in [-0.1, -0.05) is 24.3 Å². The van der Waals surface area contributed by atoms with Crippen LogP contribution in [0.1, 0.15) is 21.5 Å². The molecule has 41 heavy (non-hydrogen) atoms. The molecule has 0 saturated carbocycles. The highest BCUT2D eigenvalue weighted by Crippen LogP contribution is 2.17. The van der Waals surface area contributed by atoms with Crippen LogP contribution in [0.25, 0.3) is 0 Å². The van der Waals surface area contributed by atoms with Crippen molar-refractivity contribution in [3.63, 3.8) is 0 Å². The maximum Gasteiger partial charge on any atom is 0.251 e. The maximum atomic E-state index is 13.3. The Hall–Kier alpha value is -3.91. The van der Waals surface area contributed by atoms with Crippen LogP contribution >= 0.6 is 0 Å². The van der Waals surface area contributed by atoms with Gasteiger partial charge in [0.1, 0.15) is 5.82 Å². The Kier molecular flexibility index (Phi) is 12.0. The van der Waals surface area contributed by atoms with E-state index in [1.54, 1.807) is 24.3 Å². The van der Waals surface area contributed by atoms with Crippen LogP contribution in [0.15, 0.2) is 48.5 Å². The number of hydrogen-bond acceptors (Lipinski definition) is 11. The second-order valence-corrected chi connectivity index (χ2v) is 9.18. The molecular formula is C28H37FN8O4. The Bertz CT molecular complexity index is 1210. The summed E-state index contributed by atoms with van der Waals surface area (Å²) in [5.74, 6) is 0.920. The van der Waals surface area contributed by atoms with Crippen molar-refractivity contribution in [2.24, 2.45) is 5.73 Å². The fourth-order valence-corrected chi connectivity index (χ4v) is 3.91. The lowest BCUT2D eigenvalue weighted by atomic mass is 10.1. The van der Waals surface area contributed by atoms with E-state index in [0.29, 0.717) is 102 Å². The lowest BCUT2D eigenvalue weighted by molar-refractivity contribution is 0.0511. The summed E-state index contributed by atoms with van der Waals surface area (Å²) in [6.07, 6.45) is 0. The molecule has 2 heterocycles. The molecule has 1 aliphatic heterocycles. The summed E-state index contributed by atoms with van der Waals surface area (Å²) in [5.41, 5.74) is 7.77. The number of benzene rings is 2. The minimum Gasteiger partial charge on any atom is -0.378 e. The van der Waals surface area contributed by atoms with Gasteiger partial charge in [0, 0.05) is 44.8 Å². The summed E-state index contributed by atoms with van der Waals surface area (Å²) < 4.78 is 29.4.